The lowest BCUT2D eigenvalue weighted by atomic mass is 10.0. The van der Waals surface area contributed by atoms with Crippen LogP contribution in [0.4, 0.5) is 0 Å². The molecule has 0 bridgehead atoms. The van der Waals surface area contributed by atoms with Gasteiger partial charge < -0.3 is 19.4 Å². The van der Waals surface area contributed by atoms with Crippen LogP contribution in [-0.4, -0.2) is 35.7 Å². The van der Waals surface area contributed by atoms with E-state index in [1.54, 1.807) is 19.2 Å². The number of fused-ring (bicyclic) bond motifs is 1. The lowest BCUT2D eigenvalue weighted by molar-refractivity contribution is 0.0950. The third-order valence-corrected chi connectivity index (χ3v) is 6.52. The molecule has 0 atom stereocenters. The van der Waals surface area contributed by atoms with E-state index in [2.05, 4.69) is 60.1 Å². The molecule has 4 rings (SSSR count). The number of aryl methyl sites for hydroxylation is 2. The molecular formula is C31H37N3O3. The van der Waals surface area contributed by atoms with Crippen molar-refractivity contribution in [3.8, 4) is 11.5 Å². The van der Waals surface area contributed by atoms with Gasteiger partial charge in [0.15, 0.2) is 0 Å². The lowest BCUT2D eigenvalue weighted by Crippen LogP contribution is -2.25. The monoisotopic (exact) mass is 499 g/mol. The van der Waals surface area contributed by atoms with E-state index in [9.17, 15) is 4.79 Å². The zero-order chi connectivity index (χ0) is 26.0. The zero-order valence-electron chi connectivity index (χ0n) is 22.1. The fourth-order valence-corrected chi connectivity index (χ4v) is 4.58. The van der Waals surface area contributed by atoms with Crippen molar-refractivity contribution in [2.75, 3.05) is 20.3 Å². The van der Waals surface area contributed by atoms with Crippen molar-refractivity contribution in [1.29, 1.82) is 0 Å². The molecule has 0 radical (unpaired) electrons. The average Bonchev–Trinajstić information content (AvgIpc) is 3.28. The molecule has 0 fully saturated rings. The van der Waals surface area contributed by atoms with Gasteiger partial charge in [0.2, 0.25) is 0 Å². The van der Waals surface area contributed by atoms with Crippen LogP contribution in [0.5, 0.6) is 11.5 Å². The van der Waals surface area contributed by atoms with Gasteiger partial charge in [-0.15, -0.1) is 0 Å². The maximum atomic E-state index is 12.6. The van der Waals surface area contributed by atoms with Crippen LogP contribution >= 0.6 is 0 Å². The molecule has 0 saturated heterocycles. The smallest absolute Gasteiger partial charge is 0.255 e. The molecule has 1 aromatic heterocycles. The van der Waals surface area contributed by atoms with Crippen molar-refractivity contribution in [3.63, 3.8) is 0 Å². The van der Waals surface area contributed by atoms with Gasteiger partial charge in [-0.25, -0.2) is 4.98 Å². The molecule has 0 saturated carbocycles. The standard InChI is InChI=1S/C31H37N3O3/c1-23(2)24-13-4-9-18-29(24)37-22-11-10-21-34-27-16-7-6-15-26(27)33-30(34)19-12-20-32-31(35)25-14-5-8-17-28(25)36-3/h4-9,13-18,23H,10-12,19-22H2,1-3H3,(H,32,35). The Morgan fingerprint density at radius 3 is 2.46 bits per heavy atom. The Bertz CT molecular complexity index is 1310. The topological polar surface area (TPSA) is 65.4 Å². The van der Waals surface area contributed by atoms with Gasteiger partial charge in [-0.05, 0) is 61.1 Å². The first kappa shape index (κ1) is 26.3. The van der Waals surface area contributed by atoms with Crippen LogP contribution in [0.3, 0.4) is 0 Å². The number of benzene rings is 3. The number of carbonyl (C=O) groups is 1. The summed E-state index contributed by atoms with van der Waals surface area (Å²) < 4.78 is 13.7. The van der Waals surface area contributed by atoms with Gasteiger partial charge in [-0.1, -0.05) is 56.3 Å². The number of hydrogen-bond acceptors (Lipinski definition) is 4. The largest absolute Gasteiger partial charge is 0.496 e. The Morgan fingerprint density at radius 2 is 1.65 bits per heavy atom. The van der Waals surface area contributed by atoms with Crippen LogP contribution < -0.4 is 14.8 Å². The van der Waals surface area contributed by atoms with Gasteiger partial charge >= 0.3 is 0 Å². The number of rotatable bonds is 13. The third-order valence-electron chi connectivity index (χ3n) is 6.52. The van der Waals surface area contributed by atoms with E-state index in [0.717, 1.165) is 54.8 Å². The molecule has 6 heteroatoms. The van der Waals surface area contributed by atoms with Crippen molar-refractivity contribution < 1.29 is 14.3 Å². The van der Waals surface area contributed by atoms with E-state index in [1.807, 2.05) is 24.3 Å². The summed E-state index contributed by atoms with van der Waals surface area (Å²) >= 11 is 0. The summed E-state index contributed by atoms with van der Waals surface area (Å²) in [5, 5.41) is 3.01. The molecule has 0 aliphatic carbocycles. The highest BCUT2D eigenvalue weighted by Gasteiger charge is 2.13. The summed E-state index contributed by atoms with van der Waals surface area (Å²) in [6, 6.07) is 23.8. The highest BCUT2D eigenvalue weighted by Crippen LogP contribution is 2.26. The van der Waals surface area contributed by atoms with E-state index < -0.39 is 0 Å². The third kappa shape index (κ3) is 6.70. The first-order chi connectivity index (χ1) is 18.1. The van der Waals surface area contributed by atoms with Crippen LogP contribution in [0.15, 0.2) is 72.8 Å². The van der Waals surface area contributed by atoms with E-state index in [1.165, 1.54) is 5.56 Å². The van der Waals surface area contributed by atoms with Crippen molar-refractivity contribution >= 4 is 16.9 Å². The number of amides is 1. The van der Waals surface area contributed by atoms with E-state index in [-0.39, 0.29) is 5.91 Å². The van der Waals surface area contributed by atoms with E-state index >= 15 is 0 Å². The molecule has 6 nitrogen and oxygen atoms in total. The van der Waals surface area contributed by atoms with Gasteiger partial charge in [0.1, 0.15) is 17.3 Å². The second-order valence-corrected chi connectivity index (χ2v) is 9.48. The number of nitrogens with zero attached hydrogens (tertiary/aromatic N) is 2. The molecule has 0 unspecified atom stereocenters. The molecule has 1 amide bonds. The van der Waals surface area contributed by atoms with E-state index in [4.69, 9.17) is 14.5 Å². The number of para-hydroxylation sites is 4. The fourth-order valence-electron chi connectivity index (χ4n) is 4.58. The first-order valence-corrected chi connectivity index (χ1v) is 13.2. The highest BCUT2D eigenvalue weighted by atomic mass is 16.5. The SMILES string of the molecule is COc1ccccc1C(=O)NCCCc1nc2ccccc2n1CCCCOc1ccccc1C(C)C. The van der Waals surface area contributed by atoms with Crippen molar-refractivity contribution in [2.45, 2.75) is 52.0 Å². The second kappa shape index (κ2) is 12.9. The highest BCUT2D eigenvalue weighted by molar-refractivity contribution is 5.96. The molecule has 0 aliphatic rings. The van der Waals surface area contributed by atoms with Crippen LogP contribution in [0.1, 0.15) is 60.8 Å². The predicted octanol–water partition coefficient (Wildman–Crippen LogP) is 6.39. The van der Waals surface area contributed by atoms with E-state index in [0.29, 0.717) is 30.4 Å². The Morgan fingerprint density at radius 1 is 0.919 bits per heavy atom. The minimum absolute atomic E-state index is 0.120. The number of hydrogen-bond donors (Lipinski definition) is 1. The normalized spacial score (nSPS) is 11.1. The Labute approximate surface area is 219 Å². The summed E-state index contributed by atoms with van der Waals surface area (Å²) in [5.74, 6) is 2.94. The Balaban J connectivity index is 1.31. The zero-order valence-corrected chi connectivity index (χ0v) is 22.1. The molecular weight excluding hydrogens is 462 g/mol. The number of methoxy groups -OCH3 is 1. The summed E-state index contributed by atoms with van der Waals surface area (Å²) in [7, 11) is 1.58. The summed E-state index contributed by atoms with van der Waals surface area (Å²) in [5.41, 5.74) is 3.97. The maximum absolute atomic E-state index is 12.6. The fraction of sp³-hybridized carbons (Fsp3) is 0.355. The quantitative estimate of drug-likeness (QED) is 0.217. The number of unbranched alkanes of at least 4 members (excludes halogenated alkanes) is 1. The maximum Gasteiger partial charge on any atom is 0.255 e. The molecule has 194 valence electrons. The number of carbonyl (C=O) groups excluding carboxylic acids is 1. The second-order valence-electron chi connectivity index (χ2n) is 9.48. The lowest BCUT2D eigenvalue weighted by Gasteiger charge is -2.14. The molecule has 3 aromatic carbocycles. The van der Waals surface area contributed by atoms with Gasteiger partial charge in [0.25, 0.3) is 5.91 Å². The molecule has 0 aliphatic heterocycles. The summed E-state index contributed by atoms with van der Waals surface area (Å²) in [6.07, 6.45) is 3.56. The van der Waals surface area contributed by atoms with Gasteiger partial charge in [-0.2, -0.15) is 0 Å². The average molecular weight is 500 g/mol. The van der Waals surface area contributed by atoms with Crippen molar-refractivity contribution in [2.24, 2.45) is 0 Å². The first-order valence-electron chi connectivity index (χ1n) is 13.2. The summed E-state index contributed by atoms with van der Waals surface area (Å²) in [4.78, 5) is 17.5. The van der Waals surface area contributed by atoms with Crippen LogP contribution in [0.25, 0.3) is 11.0 Å². The molecule has 4 aromatic rings. The summed E-state index contributed by atoms with van der Waals surface area (Å²) in [6.45, 7) is 6.54. The predicted molar refractivity (Wildman–Crippen MR) is 149 cm³/mol. The molecule has 37 heavy (non-hydrogen) atoms. The van der Waals surface area contributed by atoms with Crippen molar-refractivity contribution in [3.05, 3.63) is 89.7 Å². The minimum atomic E-state index is -0.120. The molecule has 0 spiro atoms. The molecule has 1 heterocycles. The Hall–Kier alpha value is -3.80. The van der Waals surface area contributed by atoms with Gasteiger partial charge in [0.05, 0.1) is 30.3 Å². The number of ether oxygens (including phenoxy) is 2. The Kier molecular flexibility index (Phi) is 9.19. The molecule has 1 N–H and O–H groups in total. The van der Waals surface area contributed by atoms with Crippen LogP contribution in [-0.2, 0) is 13.0 Å². The van der Waals surface area contributed by atoms with Gasteiger partial charge in [0, 0.05) is 19.5 Å². The number of imidazole rings is 1. The minimum Gasteiger partial charge on any atom is -0.496 e. The van der Waals surface area contributed by atoms with Crippen molar-refractivity contribution in [1.82, 2.24) is 14.9 Å². The van der Waals surface area contributed by atoms with Crippen LogP contribution in [0.2, 0.25) is 0 Å². The van der Waals surface area contributed by atoms with Gasteiger partial charge in [-0.3, -0.25) is 4.79 Å². The number of aromatic nitrogens is 2. The van der Waals surface area contributed by atoms with Crippen LogP contribution in [0, 0.1) is 0 Å². The number of nitrogens with one attached hydrogen (secondary N) is 1.